The van der Waals surface area contributed by atoms with E-state index in [1.807, 2.05) is 6.20 Å². The maximum absolute atomic E-state index is 4.87. The molecule has 98 valence electrons. The second-order valence-electron chi connectivity index (χ2n) is 6.33. The van der Waals surface area contributed by atoms with Gasteiger partial charge >= 0.3 is 0 Å². The number of aryl methyl sites for hydroxylation is 2. The van der Waals surface area contributed by atoms with Crippen LogP contribution in [0, 0.1) is 0 Å². The van der Waals surface area contributed by atoms with Crippen molar-refractivity contribution in [3.05, 3.63) is 47.4 Å². The Bertz CT molecular complexity index is 609. The molecule has 0 N–H and O–H groups in total. The molecule has 0 fully saturated rings. The van der Waals surface area contributed by atoms with E-state index in [0.29, 0.717) is 0 Å². The van der Waals surface area contributed by atoms with Crippen LogP contribution in [-0.2, 0) is 18.3 Å². The third-order valence-corrected chi connectivity index (χ3v) is 3.70. The molecular formula is C17H20N2. The van der Waals surface area contributed by atoms with Crippen LogP contribution in [-0.4, -0.2) is 9.97 Å². The van der Waals surface area contributed by atoms with Gasteiger partial charge in [-0.2, -0.15) is 0 Å². The maximum Gasteiger partial charge on any atom is 0.134 e. The average molecular weight is 252 g/mol. The van der Waals surface area contributed by atoms with Gasteiger partial charge in [-0.3, -0.25) is 0 Å². The van der Waals surface area contributed by atoms with Crippen molar-refractivity contribution in [3.63, 3.8) is 0 Å². The summed E-state index contributed by atoms with van der Waals surface area (Å²) in [5, 5.41) is 0. The number of hydrogen-bond acceptors (Lipinski definition) is 2. The molecule has 0 spiro atoms. The van der Waals surface area contributed by atoms with Gasteiger partial charge in [-0.15, -0.1) is 0 Å². The Hall–Kier alpha value is -1.70. The third-order valence-electron chi connectivity index (χ3n) is 3.70. The molecule has 1 aromatic heterocycles. The fourth-order valence-electron chi connectivity index (χ4n) is 2.62. The predicted molar refractivity (Wildman–Crippen MR) is 78.2 cm³/mol. The first-order chi connectivity index (χ1) is 9.05. The minimum absolute atomic E-state index is 0.00369. The van der Waals surface area contributed by atoms with Crippen molar-refractivity contribution in [2.75, 3.05) is 0 Å². The van der Waals surface area contributed by atoms with Crippen molar-refractivity contribution in [2.24, 2.45) is 0 Å². The number of benzene rings is 1. The van der Waals surface area contributed by atoms with Gasteiger partial charge in [-0.05, 0) is 30.4 Å². The van der Waals surface area contributed by atoms with Crippen LogP contribution in [0.5, 0.6) is 0 Å². The molecule has 1 aromatic carbocycles. The van der Waals surface area contributed by atoms with Gasteiger partial charge in [0.25, 0.3) is 0 Å². The molecule has 2 nitrogen and oxygen atoms in total. The van der Waals surface area contributed by atoms with Gasteiger partial charge in [-0.1, -0.05) is 45.0 Å². The summed E-state index contributed by atoms with van der Waals surface area (Å²) in [6.07, 6.45) is 5.43. The van der Waals surface area contributed by atoms with Gasteiger partial charge < -0.3 is 0 Å². The lowest BCUT2D eigenvalue weighted by molar-refractivity contribution is 0.545. The molecule has 1 heterocycles. The molecule has 2 aromatic rings. The molecule has 19 heavy (non-hydrogen) atoms. The summed E-state index contributed by atoms with van der Waals surface area (Å²) >= 11 is 0. The minimum atomic E-state index is -0.00369. The first-order valence-electron chi connectivity index (χ1n) is 7.00. The largest absolute Gasteiger partial charge is 0.240 e. The van der Waals surface area contributed by atoms with E-state index in [4.69, 9.17) is 4.98 Å². The van der Waals surface area contributed by atoms with Crippen LogP contribution in [0.25, 0.3) is 11.3 Å². The number of hydrogen-bond donors (Lipinski definition) is 0. The smallest absolute Gasteiger partial charge is 0.134 e. The standard InChI is InChI=1S/C17H20N2/c1-17(2,3)16-18-11-13-9-6-8-12-7-4-5-10-14(12)15(13)19-16/h4-5,7,10-11H,6,8-9H2,1-3H3. The van der Waals surface area contributed by atoms with Crippen molar-refractivity contribution in [2.45, 2.75) is 45.4 Å². The van der Waals surface area contributed by atoms with E-state index in [0.717, 1.165) is 24.4 Å². The lowest BCUT2D eigenvalue weighted by Gasteiger charge is -2.18. The van der Waals surface area contributed by atoms with E-state index in [9.17, 15) is 0 Å². The van der Waals surface area contributed by atoms with Gasteiger partial charge in [-0.25, -0.2) is 9.97 Å². The number of aromatic nitrogens is 2. The molecule has 0 unspecified atom stereocenters. The van der Waals surface area contributed by atoms with Crippen molar-refractivity contribution >= 4 is 0 Å². The molecule has 0 atom stereocenters. The summed E-state index contributed by atoms with van der Waals surface area (Å²) in [4.78, 5) is 9.44. The Labute approximate surface area is 114 Å². The lowest BCUT2D eigenvalue weighted by atomic mass is 9.94. The van der Waals surface area contributed by atoms with Crippen molar-refractivity contribution < 1.29 is 0 Å². The van der Waals surface area contributed by atoms with E-state index in [1.54, 1.807) is 0 Å². The zero-order chi connectivity index (χ0) is 13.5. The van der Waals surface area contributed by atoms with E-state index in [1.165, 1.54) is 23.1 Å². The van der Waals surface area contributed by atoms with Crippen molar-refractivity contribution in [1.29, 1.82) is 0 Å². The van der Waals surface area contributed by atoms with E-state index in [2.05, 4.69) is 50.0 Å². The molecule has 0 radical (unpaired) electrons. The maximum atomic E-state index is 4.87. The molecule has 0 saturated carbocycles. The van der Waals surface area contributed by atoms with Crippen LogP contribution < -0.4 is 0 Å². The first kappa shape index (κ1) is 12.3. The van der Waals surface area contributed by atoms with Gasteiger partial charge in [0.2, 0.25) is 0 Å². The van der Waals surface area contributed by atoms with E-state index >= 15 is 0 Å². The van der Waals surface area contributed by atoms with Crippen LogP contribution >= 0.6 is 0 Å². The summed E-state index contributed by atoms with van der Waals surface area (Å²) < 4.78 is 0. The van der Waals surface area contributed by atoms with Crippen LogP contribution in [0.15, 0.2) is 30.5 Å². The van der Waals surface area contributed by atoms with Crippen LogP contribution in [0.1, 0.15) is 44.1 Å². The molecule has 0 saturated heterocycles. The van der Waals surface area contributed by atoms with Crippen LogP contribution in [0.4, 0.5) is 0 Å². The predicted octanol–water partition coefficient (Wildman–Crippen LogP) is 3.93. The highest BCUT2D eigenvalue weighted by Crippen LogP contribution is 2.32. The fraction of sp³-hybridized carbons (Fsp3) is 0.412. The summed E-state index contributed by atoms with van der Waals surface area (Å²) in [6, 6.07) is 8.64. The van der Waals surface area contributed by atoms with Crippen LogP contribution in [0.2, 0.25) is 0 Å². The average Bonchev–Trinajstić information content (AvgIpc) is 2.56. The third kappa shape index (κ3) is 2.27. The Morgan fingerprint density at radius 2 is 1.74 bits per heavy atom. The number of nitrogens with zero attached hydrogens (tertiary/aromatic N) is 2. The number of rotatable bonds is 0. The Morgan fingerprint density at radius 3 is 2.53 bits per heavy atom. The molecule has 3 rings (SSSR count). The van der Waals surface area contributed by atoms with Gasteiger partial charge in [0.05, 0.1) is 5.69 Å². The summed E-state index contributed by atoms with van der Waals surface area (Å²) in [5.74, 6) is 0.933. The molecular weight excluding hydrogens is 232 g/mol. The zero-order valence-corrected chi connectivity index (χ0v) is 11.9. The SMILES string of the molecule is CC(C)(C)c1ncc2c(n1)-c1ccccc1CCC2. The normalized spacial score (nSPS) is 14.5. The second kappa shape index (κ2) is 4.44. The van der Waals surface area contributed by atoms with E-state index in [-0.39, 0.29) is 5.41 Å². The highest BCUT2D eigenvalue weighted by molar-refractivity contribution is 5.67. The molecule has 0 bridgehead atoms. The summed E-state index contributed by atoms with van der Waals surface area (Å²) in [5.41, 5.74) is 5.14. The quantitative estimate of drug-likeness (QED) is 0.710. The number of fused-ring (bicyclic) bond motifs is 3. The first-order valence-corrected chi connectivity index (χ1v) is 7.00. The highest BCUT2D eigenvalue weighted by atomic mass is 14.9. The molecule has 2 heteroatoms. The fourth-order valence-corrected chi connectivity index (χ4v) is 2.62. The minimum Gasteiger partial charge on any atom is -0.240 e. The highest BCUT2D eigenvalue weighted by Gasteiger charge is 2.21. The molecule has 0 aliphatic heterocycles. The zero-order valence-electron chi connectivity index (χ0n) is 11.9. The van der Waals surface area contributed by atoms with Crippen molar-refractivity contribution in [1.82, 2.24) is 9.97 Å². The van der Waals surface area contributed by atoms with Gasteiger partial charge in [0, 0.05) is 17.2 Å². The monoisotopic (exact) mass is 252 g/mol. The summed E-state index contributed by atoms with van der Waals surface area (Å²) in [7, 11) is 0. The Kier molecular flexibility index (Phi) is 2.89. The van der Waals surface area contributed by atoms with Gasteiger partial charge in [0.15, 0.2) is 0 Å². The van der Waals surface area contributed by atoms with E-state index < -0.39 is 0 Å². The Balaban J connectivity index is 2.21. The second-order valence-corrected chi connectivity index (χ2v) is 6.33. The lowest BCUT2D eigenvalue weighted by Crippen LogP contribution is -2.17. The van der Waals surface area contributed by atoms with Crippen molar-refractivity contribution in [3.8, 4) is 11.3 Å². The van der Waals surface area contributed by atoms with Crippen LogP contribution in [0.3, 0.4) is 0 Å². The molecule has 1 aliphatic rings. The Morgan fingerprint density at radius 1 is 1.00 bits per heavy atom. The topological polar surface area (TPSA) is 25.8 Å². The summed E-state index contributed by atoms with van der Waals surface area (Å²) in [6.45, 7) is 6.49. The molecule has 1 aliphatic carbocycles. The van der Waals surface area contributed by atoms with Gasteiger partial charge in [0.1, 0.15) is 5.82 Å². The molecule has 0 amide bonds.